The number of hydrogen-bond acceptors (Lipinski definition) is 5. The number of amides is 2. The summed E-state index contributed by atoms with van der Waals surface area (Å²) >= 11 is 6.70. The Bertz CT molecular complexity index is 1290. The van der Waals surface area contributed by atoms with Crippen molar-refractivity contribution in [1.29, 1.82) is 0 Å². The molecule has 190 valence electrons. The van der Waals surface area contributed by atoms with Gasteiger partial charge in [-0.1, -0.05) is 17.7 Å². The third-order valence-corrected chi connectivity index (χ3v) is 7.39. The first kappa shape index (κ1) is 26.1. The highest BCUT2D eigenvalue weighted by Crippen LogP contribution is 2.33. The van der Waals surface area contributed by atoms with Crippen molar-refractivity contribution >= 4 is 40.4 Å². The number of carbonyl (C=O) groups is 2. The first-order chi connectivity index (χ1) is 17.3. The van der Waals surface area contributed by atoms with Crippen molar-refractivity contribution in [2.75, 3.05) is 11.9 Å². The molecule has 3 N–H and O–H groups in total. The van der Waals surface area contributed by atoms with E-state index in [2.05, 4.69) is 5.32 Å². The van der Waals surface area contributed by atoms with Gasteiger partial charge < -0.3 is 15.8 Å². The number of rotatable bonds is 7. The number of halogens is 2. The minimum atomic E-state index is -0.559. The predicted octanol–water partition coefficient (Wildman–Crippen LogP) is 5.01. The number of benzene rings is 1. The molecule has 7 nitrogen and oxygen atoms in total. The third-order valence-electron chi connectivity index (χ3n) is 6.15. The van der Waals surface area contributed by atoms with Crippen LogP contribution in [-0.4, -0.2) is 29.1 Å². The maximum absolute atomic E-state index is 14.5. The molecule has 5 rings (SSSR count). The van der Waals surface area contributed by atoms with E-state index in [-0.39, 0.29) is 29.2 Å². The number of thiophene rings is 1. The molecule has 2 atom stereocenters. The monoisotopic (exact) mass is 531 g/mol. The molecule has 10 heteroatoms. The van der Waals surface area contributed by atoms with E-state index in [0.717, 1.165) is 19.4 Å². The van der Waals surface area contributed by atoms with Gasteiger partial charge in [-0.25, -0.2) is 4.39 Å². The van der Waals surface area contributed by atoms with E-state index in [0.29, 0.717) is 27.2 Å². The molecule has 2 aliphatic carbocycles. The Morgan fingerprint density at radius 1 is 1.14 bits per heavy atom. The molecule has 2 heterocycles. The first-order valence-corrected chi connectivity index (χ1v) is 12.9. The molecule has 2 aliphatic rings. The number of nitrogens with zero attached hydrogens (tertiary/aromatic N) is 1. The van der Waals surface area contributed by atoms with Crippen LogP contribution in [-0.2, 0) is 9.53 Å². The van der Waals surface area contributed by atoms with Crippen molar-refractivity contribution in [3.63, 3.8) is 0 Å². The van der Waals surface area contributed by atoms with E-state index in [1.165, 1.54) is 46.9 Å². The summed E-state index contributed by atoms with van der Waals surface area (Å²) in [6, 6.07) is 12.4. The topological polar surface area (TPSA) is 103 Å². The van der Waals surface area contributed by atoms with Crippen LogP contribution in [0.25, 0.3) is 5.69 Å². The lowest BCUT2D eigenvalue weighted by Gasteiger charge is -2.14. The van der Waals surface area contributed by atoms with Crippen molar-refractivity contribution < 1.29 is 18.7 Å². The second-order valence-electron chi connectivity index (χ2n) is 8.94. The quantitative estimate of drug-likeness (QED) is 0.447. The summed E-state index contributed by atoms with van der Waals surface area (Å²) < 4.78 is 22.3. The van der Waals surface area contributed by atoms with Gasteiger partial charge in [-0.05, 0) is 68.4 Å². The van der Waals surface area contributed by atoms with E-state index < -0.39 is 11.7 Å². The van der Waals surface area contributed by atoms with Crippen LogP contribution in [0.1, 0.15) is 41.8 Å². The van der Waals surface area contributed by atoms with Crippen molar-refractivity contribution in [1.82, 2.24) is 4.57 Å². The zero-order valence-corrected chi connectivity index (χ0v) is 21.1. The summed E-state index contributed by atoms with van der Waals surface area (Å²) in [7, 11) is 0. The minimum absolute atomic E-state index is 0.134. The molecule has 0 radical (unpaired) electrons. The maximum Gasteiger partial charge on any atom is 0.258 e. The van der Waals surface area contributed by atoms with Gasteiger partial charge in [-0.3, -0.25) is 19.0 Å². The van der Waals surface area contributed by atoms with Crippen molar-refractivity contribution in [2.24, 2.45) is 17.6 Å². The number of nitrogens with one attached hydrogen (secondary N) is 1. The lowest BCUT2D eigenvalue weighted by Crippen LogP contribution is -2.22. The van der Waals surface area contributed by atoms with Gasteiger partial charge in [0.2, 0.25) is 5.91 Å². The van der Waals surface area contributed by atoms with E-state index >= 15 is 0 Å². The van der Waals surface area contributed by atoms with Crippen LogP contribution in [0.2, 0.25) is 4.34 Å². The van der Waals surface area contributed by atoms with Gasteiger partial charge in [0.15, 0.2) is 0 Å². The number of hydrogen-bond donors (Lipinski definition) is 2. The zero-order valence-electron chi connectivity index (χ0n) is 19.5. The standard InChI is InChI=1S/C21H23FN2O3.C5H4ClNOS/c22-18-12-16(24-10-2-1-3-20(24)25)7-9-19(18)23-21(26)15-6-8-17(11-15)27-13-14-4-5-14;6-4-2-1-3(9-4)5(7)8/h1-3,7,9-10,12,14-15,17H,4-6,8,11,13H2,(H,23,26);1-2H,(H2,7,8)/t15?,17-;/m1./s1. The predicted molar refractivity (Wildman–Crippen MR) is 138 cm³/mol. The van der Waals surface area contributed by atoms with E-state index in [1.807, 2.05) is 0 Å². The van der Waals surface area contributed by atoms with Gasteiger partial charge in [0.25, 0.3) is 11.5 Å². The van der Waals surface area contributed by atoms with Gasteiger partial charge in [0, 0.05) is 30.9 Å². The molecule has 2 fully saturated rings. The molecular formula is C26H27ClFN3O4S. The molecule has 2 aromatic heterocycles. The molecule has 0 spiro atoms. The highest BCUT2D eigenvalue weighted by Gasteiger charge is 2.32. The lowest BCUT2D eigenvalue weighted by atomic mass is 10.1. The third kappa shape index (κ3) is 7.02. The largest absolute Gasteiger partial charge is 0.378 e. The zero-order chi connectivity index (χ0) is 25.7. The fraction of sp³-hybridized carbons (Fsp3) is 0.346. The number of aromatic nitrogens is 1. The molecule has 0 saturated heterocycles. The Morgan fingerprint density at radius 2 is 1.94 bits per heavy atom. The Kier molecular flexibility index (Phi) is 8.56. The summed E-state index contributed by atoms with van der Waals surface area (Å²) in [5, 5.41) is 2.69. The molecule has 2 amide bonds. The second-order valence-corrected chi connectivity index (χ2v) is 10.7. The van der Waals surface area contributed by atoms with Gasteiger partial charge in [0.1, 0.15) is 5.82 Å². The number of carbonyl (C=O) groups excluding carboxylic acids is 2. The molecule has 1 unspecified atom stereocenters. The summed E-state index contributed by atoms with van der Waals surface area (Å²) in [6.45, 7) is 0.800. The number of ether oxygens (including phenoxy) is 1. The fourth-order valence-corrected chi connectivity index (χ4v) is 4.86. The van der Waals surface area contributed by atoms with Crippen LogP contribution in [0.5, 0.6) is 0 Å². The van der Waals surface area contributed by atoms with Crippen LogP contribution < -0.4 is 16.6 Å². The average molecular weight is 532 g/mol. The van der Waals surface area contributed by atoms with Crippen molar-refractivity contribution in [2.45, 2.75) is 38.2 Å². The molecule has 0 aliphatic heterocycles. The number of primary amides is 1. The fourth-order valence-electron chi connectivity index (χ4n) is 3.96. The summed E-state index contributed by atoms with van der Waals surface area (Å²) in [5.74, 6) is -0.591. The summed E-state index contributed by atoms with van der Waals surface area (Å²) in [4.78, 5) is 35.2. The van der Waals surface area contributed by atoms with Crippen LogP contribution in [0.3, 0.4) is 0 Å². The highest BCUT2D eigenvalue weighted by molar-refractivity contribution is 7.17. The van der Waals surface area contributed by atoms with Crippen LogP contribution in [0.4, 0.5) is 10.1 Å². The summed E-state index contributed by atoms with van der Waals surface area (Å²) in [5.41, 5.74) is 5.26. The second kappa shape index (κ2) is 11.8. The molecule has 0 bridgehead atoms. The lowest BCUT2D eigenvalue weighted by molar-refractivity contribution is -0.120. The Morgan fingerprint density at radius 3 is 2.56 bits per heavy atom. The first-order valence-electron chi connectivity index (χ1n) is 11.8. The Balaban J connectivity index is 0.000000286. The van der Waals surface area contributed by atoms with Crippen molar-refractivity contribution in [3.05, 3.63) is 80.1 Å². The average Bonchev–Trinajstić information content (AvgIpc) is 3.37. The minimum Gasteiger partial charge on any atom is -0.378 e. The van der Waals surface area contributed by atoms with Crippen LogP contribution in [0, 0.1) is 17.7 Å². The van der Waals surface area contributed by atoms with Gasteiger partial charge in [-0.2, -0.15) is 0 Å². The SMILES string of the molecule is NC(=O)c1ccc(Cl)s1.O=C(Nc1ccc(-n2ccccc2=O)cc1F)C1CC[C@@H](OCC2CC2)C1. The maximum atomic E-state index is 14.5. The smallest absolute Gasteiger partial charge is 0.258 e. The van der Waals surface area contributed by atoms with E-state index in [1.54, 1.807) is 36.5 Å². The molecule has 3 aromatic rings. The van der Waals surface area contributed by atoms with Crippen LogP contribution >= 0.6 is 22.9 Å². The van der Waals surface area contributed by atoms with Gasteiger partial charge in [-0.15, -0.1) is 11.3 Å². The molecule has 2 saturated carbocycles. The number of nitrogens with two attached hydrogens (primary N) is 1. The normalized spacial score (nSPS) is 18.8. The Labute approximate surface area is 217 Å². The van der Waals surface area contributed by atoms with Gasteiger partial charge >= 0.3 is 0 Å². The van der Waals surface area contributed by atoms with Crippen molar-refractivity contribution in [3.8, 4) is 5.69 Å². The summed E-state index contributed by atoms with van der Waals surface area (Å²) in [6.07, 6.45) is 6.55. The van der Waals surface area contributed by atoms with Crippen LogP contribution in [0.15, 0.2) is 59.5 Å². The number of anilines is 1. The van der Waals surface area contributed by atoms with E-state index in [9.17, 15) is 18.8 Å². The molecular weight excluding hydrogens is 505 g/mol. The van der Waals surface area contributed by atoms with E-state index in [4.69, 9.17) is 22.1 Å². The number of pyridine rings is 1. The van der Waals surface area contributed by atoms with Gasteiger partial charge in [0.05, 0.1) is 26.7 Å². The molecule has 36 heavy (non-hydrogen) atoms. The Hall–Kier alpha value is -3.01. The highest BCUT2D eigenvalue weighted by atomic mass is 35.5. The molecule has 1 aromatic carbocycles.